The molecular weight excluding hydrogens is 335 g/mol. The molecule has 2 heterocycles. The summed E-state index contributed by atoms with van der Waals surface area (Å²) >= 11 is 0. The number of ether oxygens (including phenoxy) is 1. The van der Waals surface area contributed by atoms with E-state index in [4.69, 9.17) is 4.74 Å². The lowest BCUT2D eigenvalue weighted by molar-refractivity contribution is 0.281. The van der Waals surface area contributed by atoms with Gasteiger partial charge in [0.2, 0.25) is 5.88 Å². The molecular formula is C17H18F3N3O2. The van der Waals surface area contributed by atoms with E-state index >= 15 is 0 Å². The lowest BCUT2D eigenvalue weighted by Gasteiger charge is -2.42. The third-order valence-corrected chi connectivity index (χ3v) is 4.63. The molecule has 25 heavy (non-hydrogen) atoms. The van der Waals surface area contributed by atoms with Gasteiger partial charge in [-0.2, -0.15) is 4.98 Å². The number of halogens is 3. The molecule has 8 heteroatoms. The van der Waals surface area contributed by atoms with E-state index in [1.165, 1.54) is 4.57 Å². The van der Waals surface area contributed by atoms with Crippen molar-refractivity contribution < 1.29 is 17.9 Å². The molecule has 0 radical (unpaired) electrons. The lowest BCUT2D eigenvalue weighted by atomic mass is 9.96. The van der Waals surface area contributed by atoms with Gasteiger partial charge in [-0.05, 0) is 26.3 Å². The molecule has 0 amide bonds. The summed E-state index contributed by atoms with van der Waals surface area (Å²) in [5, 5.41) is 0. The summed E-state index contributed by atoms with van der Waals surface area (Å²) in [4.78, 5) is 18.0. The number of nitrogens with zero attached hydrogens (tertiary/aromatic N) is 3. The zero-order valence-corrected chi connectivity index (χ0v) is 14.1. The first-order chi connectivity index (χ1) is 11.7. The quantitative estimate of drug-likeness (QED) is 0.796. The highest BCUT2D eigenvalue weighted by molar-refractivity contribution is 5.45. The van der Waals surface area contributed by atoms with Crippen LogP contribution in [0, 0.1) is 17.5 Å². The number of hydrogen-bond donors (Lipinski definition) is 0. The molecule has 0 unspecified atom stereocenters. The molecule has 1 aromatic heterocycles. The fraction of sp³-hybridized carbons (Fsp3) is 0.412. The van der Waals surface area contributed by atoms with Gasteiger partial charge in [-0.1, -0.05) is 0 Å². The third-order valence-electron chi connectivity index (χ3n) is 4.63. The number of rotatable bonds is 3. The molecule has 0 N–H and O–H groups in total. The fourth-order valence-corrected chi connectivity index (χ4v) is 2.72. The van der Waals surface area contributed by atoms with Gasteiger partial charge >= 0.3 is 5.69 Å². The van der Waals surface area contributed by atoms with Crippen LogP contribution in [-0.2, 0) is 13.2 Å². The molecule has 0 saturated carbocycles. The van der Waals surface area contributed by atoms with Crippen LogP contribution >= 0.6 is 0 Å². The normalized spacial score (nSPS) is 15.8. The maximum Gasteiger partial charge on any atom is 0.352 e. The Morgan fingerprint density at radius 2 is 1.84 bits per heavy atom. The zero-order chi connectivity index (χ0) is 18.4. The molecule has 0 aliphatic carbocycles. The Bertz CT molecular complexity index is 880. The second-order valence-electron chi connectivity index (χ2n) is 6.65. The van der Waals surface area contributed by atoms with E-state index in [1.807, 2.05) is 11.9 Å². The highest BCUT2D eigenvalue weighted by atomic mass is 19.2. The molecule has 0 atom stereocenters. The van der Waals surface area contributed by atoms with Crippen molar-refractivity contribution in [2.45, 2.75) is 39.0 Å². The molecule has 5 nitrogen and oxygen atoms in total. The molecule has 0 saturated heterocycles. The summed E-state index contributed by atoms with van der Waals surface area (Å²) in [5.74, 6) is -2.72. The average Bonchev–Trinajstić information content (AvgIpc) is 2.53. The van der Waals surface area contributed by atoms with Gasteiger partial charge in [0.1, 0.15) is 18.2 Å². The van der Waals surface area contributed by atoms with E-state index in [2.05, 4.69) is 18.8 Å². The monoisotopic (exact) mass is 353 g/mol. The van der Waals surface area contributed by atoms with Crippen LogP contribution in [0.4, 0.5) is 19.0 Å². The molecule has 0 fully saturated rings. The zero-order valence-electron chi connectivity index (χ0n) is 14.1. The second kappa shape index (κ2) is 6.09. The van der Waals surface area contributed by atoms with Crippen LogP contribution in [0.1, 0.15) is 25.8 Å². The minimum atomic E-state index is -1.27. The Balaban J connectivity index is 1.88. The minimum Gasteiger partial charge on any atom is -0.472 e. The van der Waals surface area contributed by atoms with Crippen molar-refractivity contribution in [2.24, 2.45) is 0 Å². The van der Waals surface area contributed by atoms with Crippen molar-refractivity contribution >= 4 is 5.82 Å². The highest BCUT2D eigenvalue weighted by Gasteiger charge is 2.31. The lowest BCUT2D eigenvalue weighted by Crippen LogP contribution is -2.49. The van der Waals surface area contributed by atoms with Crippen LogP contribution < -0.4 is 15.3 Å². The van der Waals surface area contributed by atoms with Crippen molar-refractivity contribution in [1.82, 2.24) is 9.55 Å². The van der Waals surface area contributed by atoms with Crippen molar-refractivity contribution in [3.05, 3.63) is 51.7 Å². The predicted octanol–water partition coefficient (Wildman–Crippen LogP) is 2.86. The minimum absolute atomic E-state index is 0.00457. The van der Waals surface area contributed by atoms with Crippen LogP contribution in [0.25, 0.3) is 0 Å². The first-order valence-corrected chi connectivity index (χ1v) is 7.81. The molecule has 1 aliphatic rings. The molecule has 134 valence electrons. The molecule has 3 rings (SSSR count). The van der Waals surface area contributed by atoms with Gasteiger partial charge in [0.15, 0.2) is 11.6 Å². The van der Waals surface area contributed by atoms with Crippen LogP contribution in [0.15, 0.2) is 23.0 Å². The van der Waals surface area contributed by atoms with E-state index in [1.54, 1.807) is 6.07 Å². The molecule has 2 aromatic rings. The Morgan fingerprint density at radius 3 is 2.56 bits per heavy atom. The van der Waals surface area contributed by atoms with Crippen molar-refractivity contribution in [3.63, 3.8) is 0 Å². The number of benzene rings is 1. The standard InChI is InChI=1S/C17H18F3N3O2/c1-17(2)4-5-23-15(22(17)3)8-14(21-16(23)24)25-9-10-6-12(19)13(20)7-11(10)18/h6-8H,4-5,9H2,1-3H3. The van der Waals surface area contributed by atoms with Crippen molar-refractivity contribution in [1.29, 1.82) is 0 Å². The van der Waals surface area contributed by atoms with E-state index < -0.39 is 23.1 Å². The smallest absolute Gasteiger partial charge is 0.352 e. The maximum atomic E-state index is 13.7. The van der Waals surface area contributed by atoms with Gasteiger partial charge in [-0.3, -0.25) is 4.57 Å². The van der Waals surface area contributed by atoms with Gasteiger partial charge in [-0.25, -0.2) is 18.0 Å². The van der Waals surface area contributed by atoms with Crippen LogP contribution in [0.2, 0.25) is 0 Å². The Kier molecular flexibility index (Phi) is 4.22. The van der Waals surface area contributed by atoms with Crippen LogP contribution in [0.3, 0.4) is 0 Å². The SMILES string of the molecule is CN1c2cc(OCc3cc(F)c(F)cc3F)nc(=O)n2CCC1(C)C. The van der Waals surface area contributed by atoms with Gasteiger partial charge in [0.05, 0.1) is 0 Å². The topological polar surface area (TPSA) is 47.4 Å². The van der Waals surface area contributed by atoms with Gasteiger partial charge in [-0.15, -0.1) is 0 Å². The summed E-state index contributed by atoms with van der Waals surface area (Å²) in [5.41, 5.74) is -0.773. The van der Waals surface area contributed by atoms with E-state index in [0.29, 0.717) is 18.4 Å². The third kappa shape index (κ3) is 3.20. The van der Waals surface area contributed by atoms with E-state index in [9.17, 15) is 18.0 Å². The first-order valence-electron chi connectivity index (χ1n) is 7.81. The summed E-state index contributed by atoms with van der Waals surface area (Å²) in [6.45, 7) is 4.28. The first kappa shape index (κ1) is 17.3. The summed E-state index contributed by atoms with van der Waals surface area (Å²) in [7, 11) is 1.86. The highest BCUT2D eigenvalue weighted by Crippen LogP contribution is 2.31. The predicted molar refractivity (Wildman–Crippen MR) is 86.2 cm³/mol. The van der Waals surface area contributed by atoms with Gasteiger partial charge in [0.25, 0.3) is 0 Å². The molecule has 1 aromatic carbocycles. The Labute approximate surface area is 142 Å². The van der Waals surface area contributed by atoms with E-state index in [-0.39, 0.29) is 23.6 Å². The number of hydrogen-bond acceptors (Lipinski definition) is 4. The summed E-state index contributed by atoms with van der Waals surface area (Å²) in [6.07, 6.45) is 0.790. The molecule has 0 bridgehead atoms. The second-order valence-corrected chi connectivity index (χ2v) is 6.65. The fourth-order valence-electron chi connectivity index (χ4n) is 2.72. The van der Waals surface area contributed by atoms with E-state index in [0.717, 1.165) is 12.5 Å². The number of aromatic nitrogens is 2. The Hall–Kier alpha value is -2.51. The van der Waals surface area contributed by atoms with Crippen LogP contribution in [-0.4, -0.2) is 22.1 Å². The largest absolute Gasteiger partial charge is 0.472 e. The summed E-state index contributed by atoms with van der Waals surface area (Å²) < 4.78 is 46.8. The maximum absolute atomic E-state index is 13.7. The van der Waals surface area contributed by atoms with Crippen molar-refractivity contribution in [2.75, 3.05) is 11.9 Å². The van der Waals surface area contributed by atoms with Gasteiger partial charge in [0, 0.05) is 36.8 Å². The number of anilines is 1. The number of fused-ring (bicyclic) bond motifs is 1. The molecule has 0 spiro atoms. The van der Waals surface area contributed by atoms with Gasteiger partial charge < -0.3 is 9.64 Å². The Morgan fingerprint density at radius 1 is 1.16 bits per heavy atom. The average molecular weight is 353 g/mol. The van der Waals surface area contributed by atoms with Crippen LogP contribution in [0.5, 0.6) is 5.88 Å². The molecule has 1 aliphatic heterocycles. The summed E-state index contributed by atoms with van der Waals surface area (Å²) in [6, 6.07) is 2.77. The van der Waals surface area contributed by atoms with Crippen molar-refractivity contribution in [3.8, 4) is 5.88 Å².